The largest absolute Gasteiger partial charge is 0.454 e. The molecule has 1 aliphatic heterocycles. The molecule has 1 aromatic heterocycles. The van der Waals surface area contributed by atoms with Gasteiger partial charge in [-0.05, 0) is 42.8 Å². The summed E-state index contributed by atoms with van der Waals surface area (Å²) in [6, 6.07) is 26.2. The van der Waals surface area contributed by atoms with Gasteiger partial charge in [0.05, 0.1) is 11.4 Å². The minimum Gasteiger partial charge on any atom is -0.454 e. The number of fused-ring (bicyclic) bond motifs is 1. The van der Waals surface area contributed by atoms with Gasteiger partial charge in [0.15, 0.2) is 17.3 Å². The summed E-state index contributed by atoms with van der Waals surface area (Å²) in [7, 11) is 0. The molecular formula is C24H19N3O2. The van der Waals surface area contributed by atoms with Crippen LogP contribution in [0.2, 0.25) is 0 Å². The maximum Gasteiger partial charge on any atom is 0.231 e. The summed E-state index contributed by atoms with van der Waals surface area (Å²) in [6.45, 7) is 2.33. The Kier molecular flexibility index (Phi) is 4.33. The molecule has 0 aliphatic carbocycles. The van der Waals surface area contributed by atoms with Gasteiger partial charge in [-0.25, -0.2) is 9.67 Å². The first-order chi connectivity index (χ1) is 14.3. The molecule has 4 aromatic rings. The molecule has 2 heterocycles. The molecule has 0 unspecified atom stereocenters. The highest BCUT2D eigenvalue weighted by Gasteiger charge is 2.13. The molecule has 0 atom stereocenters. The van der Waals surface area contributed by atoms with Gasteiger partial charge in [-0.1, -0.05) is 48.0 Å². The highest BCUT2D eigenvalue weighted by Crippen LogP contribution is 2.32. The smallest absolute Gasteiger partial charge is 0.231 e. The van der Waals surface area contributed by atoms with E-state index in [-0.39, 0.29) is 6.79 Å². The summed E-state index contributed by atoms with van der Waals surface area (Å²) in [5.74, 6) is 2.26. The van der Waals surface area contributed by atoms with Gasteiger partial charge < -0.3 is 9.47 Å². The molecule has 142 valence electrons. The van der Waals surface area contributed by atoms with Crippen LogP contribution in [0.15, 0.2) is 83.9 Å². The second-order valence-electron chi connectivity index (χ2n) is 6.87. The van der Waals surface area contributed by atoms with Crippen molar-refractivity contribution < 1.29 is 9.47 Å². The van der Waals surface area contributed by atoms with Crippen molar-refractivity contribution >= 4 is 12.0 Å². The monoisotopic (exact) mass is 381 g/mol. The summed E-state index contributed by atoms with van der Waals surface area (Å²) in [6.07, 6.45) is 1.82. The summed E-state index contributed by atoms with van der Waals surface area (Å²) in [5.41, 5.74) is 5.04. The average Bonchev–Trinajstić information content (AvgIpc) is 3.40. The number of hydrogen-bond acceptors (Lipinski definition) is 4. The van der Waals surface area contributed by atoms with Gasteiger partial charge in [0.25, 0.3) is 0 Å². The maximum atomic E-state index is 5.46. The van der Waals surface area contributed by atoms with Crippen molar-refractivity contribution in [3.63, 3.8) is 0 Å². The quantitative estimate of drug-likeness (QED) is 0.449. The van der Waals surface area contributed by atoms with Crippen LogP contribution in [0.25, 0.3) is 16.9 Å². The van der Waals surface area contributed by atoms with E-state index in [9.17, 15) is 0 Å². The van der Waals surface area contributed by atoms with Crippen LogP contribution in [0.1, 0.15) is 11.1 Å². The second kappa shape index (κ2) is 7.28. The van der Waals surface area contributed by atoms with Crippen LogP contribution in [-0.4, -0.2) is 22.8 Å². The second-order valence-corrected chi connectivity index (χ2v) is 6.87. The Balaban J connectivity index is 1.55. The molecule has 0 saturated carbocycles. The topological polar surface area (TPSA) is 48.6 Å². The molecule has 5 nitrogen and oxygen atoms in total. The first-order valence-corrected chi connectivity index (χ1v) is 9.42. The van der Waals surface area contributed by atoms with Crippen LogP contribution in [0.4, 0.5) is 5.82 Å². The summed E-state index contributed by atoms with van der Waals surface area (Å²) in [4.78, 5) is 4.73. The van der Waals surface area contributed by atoms with Crippen molar-refractivity contribution in [1.82, 2.24) is 9.78 Å². The van der Waals surface area contributed by atoms with Crippen molar-refractivity contribution in [2.75, 3.05) is 6.79 Å². The lowest BCUT2D eigenvalue weighted by molar-refractivity contribution is 0.174. The first-order valence-electron chi connectivity index (χ1n) is 9.42. The lowest BCUT2D eigenvalue weighted by atomic mass is 10.1. The standard InChI is InChI=1S/C24H19N3O2/c1-17-7-10-20(11-8-17)27-24(14-21(26-27)19-5-3-2-4-6-19)25-15-18-9-12-22-23(13-18)29-16-28-22/h2-15H,16H2,1H3. The summed E-state index contributed by atoms with van der Waals surface area (Å²) in [5, 5.41) is 4.81. The van der Waals surface area contributed by atoms with Crippen LogP contribution in [0, 0.1) is 6.92 Å². The maximum absolute atomic E-state index is 5.46. The van der Waals surface area contributed by atoms with E-state index in [1.54, 1.807) is 0 Å². The van der Waals surface area contributed by atoms with Crippen LogP contribution in [0.3, 0.4) is 0 Å². The third-order valence-electron chi connectivity index (χ3n) is 4.78. The molecule has 1 aliphatic rings. The van der Waals surface area contributed by atoms with Crippen molar-refractivity contribution in [2.45, 2.75) is 6.92 Å². The van der Waals surface area contributed by atoms with Gasteiger partial charge in [0.1, 0.15) is 0 Å². The highest BCUT2D eigenvalue weighted by atomic mass is 16.7. The van der Waals surface area contributed by atoms with E-state index < -0.39 is 0 Å². The molecule has 5 heteroatoms. The average molecular weight is 381 g/mol. The molecule has 0 N–H and O–H groups in total. The van der Waals surface area contributed by atoms with Gasteiger partial charge in [-0.2, -0.15) is 5.10 Å². The van der Waals surface area contributed by atoms with E-state index in [1.165, 1.54) is 5.56 Å². The number of aryl methyl sites for hydroxylation is 1. The molecule has 5 rings (SSSR count). The van der Waals surface area contributed by atoms with Gasteiger partial charge in [0.2, 0.25) is 6.79 Å². The van der Waals surface area contributed by atoms with Crippen LogP contribution in [-0.2, 0) is 0 Å². The Labute approximate surface area is 168 Å². The van der Waals surface area contributed by atoms with E-state index in [0.29, 0.717) is 0 Å². The number of aromatic nitrogens is 2. The number of nitrogens with zero attached hydrogens (tertiary/aromatic N) is 3. The fourth-order valence-electron chi connectivity index (χ4n) is 3.22. The first kappa shape index (κ1) is 17.3. The fourth-order valence-corrected chi connectivity index (χ4v) is 3.22. The lowest BCUT2D eigenvalue weighted by Crippen LogP contribution is -1.96. The summed E-state index contributed by atoms with van der Waals surface area (Å²) >= 11 is 0. The van der Waals surface area contributed by atoms with Crippen molar-refractivity contribution in [1.29, 1.82) is 0 Å². The number of aliphatic imine (C=N–C) groups is 1. The van der Waals surface area contributed by atoms with Crippen molar-refractivity contribution in [2.24, 2.45) is 4.99 Å². The Morgan fingerprint density at radius 1 is 0.897 bits per heavy atom. The predicted octanol–water partition coefficient (Wildman–Crippen LogP) is 5.33. The third-order valence-corrected chi connectivity index (χ3v) is 4.78. The van der Waals surface area contributed by atoms with E-state index >= 15 is 0 Å². The molecule has 29 heavy (non-hydrogen) atoms. The zero-order chi connectivity index (χ0) is 19.6. The SMILES string of the molecule is Cc1ccc(-n2nc(-c3ccccc3)cc2N=Cc2ccc3c(c2)OCO3)cc1. The molecule has 0 bridgehead atoms. The fraction of sp³-hybridized carbons (Fsp3) is 0.0833. The minimum atomic E-state index is 0.260. The molecule has 0 saturated heterocycles. The Hall–Kier alpha value is -3.86. The lowest BCUT2D eigenvalue weighted by Gasteiger charge is -2.04. The highest BCUT2D eigenvalue weighted by molar-refractivity contribution is 5.83. The Morgan fingerprint density at radius 3 is 2.52 bits per heavy atom. The Morgan fingerprint density at radius 2 is 1.69 bits per heavy atom. The van der Waals surface area contributed by atoms with Gasteiger partial charge in [-0.3, -0.25) is 0 Å². The molecular weight excluding hydrogens is 362 g/mol. The zero-order valence-corrected chi connectivity index (χ0v) is 15.9. The van der Waals surface area contributed by atoms with E-state index in [1.807, 2.05) is 65.5 Å². The van der Waals surface area contributed by atoms with Crippen LogP contribution >= 0.6 is 0 Å². The molecule has 3 aromatic carbocycles. The number of benzene rings is 3. The third kappa shape index (κ3) is 3.50. The molecule has 0 fully saturated rings. The predicted molar refractivity (Wildman–Crippen MR) is 114 cm³/mol. The van der Waals surface area contributed by atoms with Gasteiger partial charge in [0, 0.05) is 17.8 Å². The van der Waals surface area contributed by atoms with E-state index in [2.05, 4.69) is 31.2 Å². The minimum absolute atomic E-state index is 0.260. The molecule has 0 amide bonds. The zero-order valence-electron chi connectivity index (χ0n) is 15.9. The van der Waals surface area contributed by atoms with E-state index in [0.717, 1.165) is 39.8 Å². The van der Waals surface area contributed by atoms with Crippen molar-refractivity contribution in [3.8, 4) is 28.4 Å². The van der Waals surface area contributed by atoms with Gasteiger partial charge >= 0.3 is 0 Å². The normalized spacial score (nSPS) is 12.6. The van der Waals surface area contributed by atoms with Crippen LogP contribution in [0.5, 0.6) is 11.5 Å². The molecule has 0 spiro atoms. The number of hydrogen-bond donors (Lipinski definition) is 0. The number of ether oxygens (including phenoxy) is 2. The Bertz CT molecular complexity index is 1180. The van der Waals surface area contributed by atoms with E-state index in [4.69, 9.17) is 19.6 Å². The van der Waals surface area contributed by atoms with Crippen LogP contribution < -0.4 is 9.47 Å². The van der Waals surface area contributed by atoms with Gasteiger partial charge in [-0.15, -0.1) is 0 Å². The molecule has 0 radical (unpaired) electrons. The summed E-state index contributed by atoms with van der Waals surface area (Å²) < 4.78 is 12.7. The van der Waals surface area contributed by atoms with Crippen molar-refractivity contribution in [3.05, 3.63) is 90.0 Å². The number of rotatable bonds is 4.